The molecule has 1 aromatic carbocycles. The Kier molecular flexibility index (Phi) is 5.50. The molecule has 90 valence electrons. The van der Waals surface area contributed by atoms with E-state index >= 15 is 0 Å². The van der Waals surface area contributed by atoms with E-state index in [0.29, 0.717) is 12.1 Å². The zero-order chi connectivity index (χ0) is 12.0. The Morgan fingerprint density at radius 1 is 1.12 bits per heavy atom. The van der Waals surface area contributed by atoms with Crippen LogP contribution >= 0.6 is 0 Å². The summed E-state index contributed by atoms with van der Waals surface area (Å²) in [6.45, 7) is 10.7. The first-order valence-electron chi connectivity index (χ1n) is 6.10. The topological polar surface area (TPSA) is 24.1 Å². The Bertz CT molecular complexity index is 307. The van der Waals surface area contributed by atoms with Gasteiger partial charge in [0.15, 0.2) is 0 Å². The van der Waals surface area contributed by atoms with E-state index in [0.717, 1.165) is 13.1 Å². The lowest BCUT2D eigenvalue weighted by molar-refractivity contribution is 0.474. The summed E-state index contributed by atoms with van der Waals surface area (Å²) in [6.07, 6.45) is 0. The molecular weight excluding hydrogens is 196 g/mol. The van der Waals surface area contributed by atoms with Crippen LogP contribution in [0.4, 0.5) is 0 Å². The molecule has 2 N–H and O–H groups in total. The Labute approximate surface area is 99.5 Å². The fourth-order valence-electron chi connectivity index (χ4n) is 1.60. The normalized spacial score (nSPS) is 13.1. The molecule has 0 fully saturated rings. The van der Waals surface area contributed by atoms with Gasteiger partial charge in [0.25, 0.3) is 0 Å². The Hall–Kier alpha value is -0.860. The van der Waals surface area contributed by atoms with Crippen molar-refractivity contribution >= 4 is 0 Å². The fourth-order valence-corrected chi connectivity index (χ4v) is 1.60. The molecule has 0 heterocycles. The third kappa shape index (κ3) is 5.29. The molecule has 16 heavy (non-hydrogen) atoms. The maximum Gasteiger partial charge on any atom is 0.0208 e. The minimum Gasteiger partial charge on any atom is -0.313 e. The second kappa shape index (κ2) is 6.66. The average Bonchev–Trinajstić information content (AvgIpc) is 2.23. The molecule has 0 amide bonds. The van der Waals surface area contributed by atoms with E-state index in [9.17, 15) is 0 Å². The molecule has 2 heteroatoms. The zero-order valence-electron chi connectivity index (χ0n) is 10.9. The summed E-state index contributed by atoms with van der Waals surface area (Å²) < 4.78 is 0. The number of nitrogens with one attached hydrogen (secondary N) is 2. The van der Waals surface area contributed by atoms with E-state index in [1.807, 2.05) is 0 Å². The first-order valence-corrected chi connectivity index (χ1v) is 6.10. The van der Waals surface area contributed by atoms with Crippen molar-refractivity contribution in [2.75, 3.05) is 6.54 Å². The van der Waals surface area contributed by atoms with E-state index in [1.165, 1.54) is 11.1 Å². The number of hydrogen-bond acceptors (Lipinski definition) is 2. The van der Waals surface area contributed by atoms with Crippen LogP contribution in [0.1, 0.15) is 31.9 Å². The molecule has 0 spiro atoms. The first-order chi connectivity index (χ1) is 7.58. The van der Waals surface area contributed by atoms with Crippen molar-refractivity contribution in [2.45, 2.75) is 46.3 Å². The second-order valence-corrected chi connectivity index (χ2v) is 4.83. The van der Waals surface area contributed by atoms with Crippen molar-refractivity contribution in [3.8, 4) is 0 Å². The van der Waals surface area contributed by atoms with Crippen molar-refractivity contribution in [3.63, 3.8) is 0 Å². The highest BCUT2D eigenvalue weighted by molar-refractivity contribution is 5.21. The van der Waals surface area contributed by atoms with Gasteiger partial charge in [0.1, 0.15) is 0 Å². The smallest absolute Gasteiger partial charge is 0.0208 e. The van der Waals surface area contributed by atoms with E-state index in [1.54, 1.807) is 0 Å². The maximum atomic E-state index is 3.52. The number of benzene rings is 1. The molecule has 0 aliphatic heterocycles. The van der Waals surface area contributed by atoms with E-state index in [-0.39, 0.29) is 0 Å². The standard InChI is InChI=1S/C14H24N2/c1-11(2)15-9-13(4)16-10-14-7-5-6-12(3)8-14/h5-8,11,13,15-16H,9-10H2,1-4H3. The molecule has 0 saturated heterocycles. The van der Waals surface area contributed by atoms with Gasteiger partial charge >= 0.3 is 0 Å². The van der Waals surface area contributed by atoms with Crippen molar-refractivity contribution in [2.24, 2.45) is 0 Å². The van der Waals surface area contributed by atoms with Gasteiger partial charge in [0.2, 0.25) is 0 Å². The van der Waals surface area contributed by atoms with Crippen LogP contribution in [-0.2, 0) is 6.54 Å². The minimum absolute atomic E-state index is 0.503. The van der Waals surface area contributed by atoms with Gasteiger partial charge in [-0.25, -0.2) is 0 Å². The van der Waals surface area contributed by atoms with Crippen LogP contribution in [0.25, 0.3) is 0 Å². The maximum absolute atomic E-state index is 3.52. The largest absolute Gasteiger partial charge is 0.313 e. The summed E-state index contributed by atoms with van der Waals surface area (Å²) >= 11 is 0. The molecule has 0 aromatic heterocycles. The van der Waals surface area contributed by atoms with Gasteiger partial charge in [-0.05, 0) is 19.4 Å². The van der Waals surface area contributed by atoms with Crippen LogP contribution in [0, 0.1) is 6.92 Å². The lowest BCUT2D eigenvalue weighted by atomic mass is 10.1. The molecule has 1 atom stereocenters. The molecule has 0 aliphatic rings. The second-order valence-electron chi connectivity index (χ2n) is 4.83. The molecule has 1 aromatic rings. The van der Waals surface area contributed by atoms with E-state index in [2.05, 4.69) is 62.6 Å². The monoisotopic (exact) mass is 220 g/mol. The Morgan fingerprint density at radius 2 is 1.88 bits per heavy atom. The van der Waals surface area contributed by atoms with Gasteiger partial charge < -0.3 is 10.6 Å². The average molecular weight is 220 g/mol. The highest BCUT2D eigenvalue weighted by Crippen LogP contribution is 2.03. The predicted molar refractivity (Wildman–Crippen MR) is 70.6 cm³/mol. The van der Waals surface area contributed by atoms with Crippen LogP contribution in [0.15, 0.2) is 24.3 Å². The van der Waals surface area contributed by atoms with Crippen LogP contribution in [0.3, 0.4) is 0 Å². The summed E-state index contributed by atoms with van der Waals surface area (Å²) in [5, 5.41) is 6.95. The molecule has 0 aliphatic carbocycles. The van der Waals surface area contributed by atoms with Crippen LogP contribution in [0.5, 0.6) is 0 Å². The van der Waals surface area contributed by atoms with Crippen LogP contribution in [-0.4, -0.2) is 18.6 Å². The number of rotatable bonds is 6. The predicted octanol–water partition coefficient (Wildman–Crippen LogP) is 2.47. The number of aryl methyl sites for hydroxylation is 1. The third-order valence-electron chi connectivity index (χ3n) is 2.57. The van der Waals surface area contributed by atoms with E-state index < -0.39 is 0 Å². The Balaban J connectivity index is 2.28. The zero-order valence-corrected chi connectivity index (χ0v) is 10.9. The summed E-state index contributed by atoms with van der Waals surface area (Å²) in [4.78, 5) is 0. The van der Waals surface area contributed by atoms with Gasteiger partial charge in [-0.3, -0.25) is 0 Å². The molecule has 0 radical (unpaired) electrons. The molecule has 1 rings (SSSR count). The Morgan fingerprint density at radius 3 is 2.50 bits per heavy atom. The van der Waals surface area contributed by atoms with Crippen molar-refractivity contribution < 1.29 is 0 Å². The van der Waals surface area contributed by atoms with Crippen LogP contribution < -0.4 is 10.6 Å². The van der Waals surface area contributed by atoms with Crippen molar-refractivity contribution in [1.82, 2.24) is 10.6 Å². The van der Waals surface area contributed by atoms with E-state index in [4.69, 9.17) is 0 Å². The third-order valence-corrected chi connectivity index (χ3v) is 2.57. The molecule has 0 saturated carbocycles. The summed E-state index contributed by atoms with van der Waals surface area (Å²) in [7, 11) is 0. The SMILES string of the molecule is Cc1cccc(CNC(C)CNC(C)C)c1. The first kappa shape index (κ1) is 13.2. The van der Waals surface area contributed by atoms with Gasteiger partial charge in [-0.15, -0.1) is 0 Å². The van der Waals surface area contributed by atoms with Gasteiger partial charge in [-0.1, -0.05) is 43.7 Å². The minimum atomic E-state index is 0.503. The summed E-state index contributed by atoms with van der Waals surface area (Å²) in [6, 6.07) is 9.71. The lowest BCUT2D eigenvalue weighted by Gasteiger charge is -2.16. The highest BCUT2D eigenvalue weighted by atomic mass is 15.0. The molecule has 1 unspecified atom stereocenters. The fraction of sp³-hybridized carbons (Fsp3) is 0.571. The van der Waals surface area contributed by atoms with Gasteiger partial charge in [0, 0.05) is 25.2 Å². The highest BCUT2D eigenvalue weighted by Gasteiger charge is 2.02. The lowest BCUT2D eigenvalue weighted by Crippen LogP contribution is -2.38. The summed E-state index contributed by atoms with van der Waals surface area (Å²) in [5.74, 6) is 0. The number of hydrogen-bond donors (Lipinski definition) is 2. The van der Waals surface area contributed by atoms with Gasteiger partial charge in [0.05, 0.1) is 0 Å². The molecule has 2 nitrogen and oxygen atoms in total. The quantitative estimate of drug-likeness (QED) is 0.769. The molecule has 0 bridgehead atoms. The van der Waals surface area contributed by atoms with Crippen molar-refractivity contribution in [1.29, 1.82) is 0 Å². The van der Waals surface area contributed by atoms with Crippen LogP contribution in [0.2, 0.25) is 0 Å². The van der Waals surface area contributed by atoms with Crippen molar-refractivity contribution in [3.05, 3.63) is 35.4 Å². The molecular formula is C14H24N2. The summed E-state index contributed by atoms with van der Waals surface area (Å²) in [5.41, 5.74) is 2.68. The van der Waals surface area contributed by atoms with Gasteiger partial charge in [-0.2, -0.15) is 0 Å².